The fourth-order valence-electron chi connectivity index (χ4n) is 4.75. The first-order chi connectivity index (χ1) is 14.9. The molecule has 2 heterocycles. The van der Waals surface area contributed by atoms with E-state index in [1.54, 1.807) is 31.2 Å². The molecular weight excluding hydrogens is 433 g/mol. The number of nitrogens with one attached hydrogen (secondary N) is 2. The van der Waals surface area contributed by atoms with E-state index < -0.39 is 6.04 Å². The van der Waals surface area contributed by atoms with E-state index in [0.29, 0.717) is 22.7 Å². The molecule has 31 heavy (non-hydrogen) atoms. The largest absolute Gasteiger partial charge is 0.351 e. The van der Waals surface area contributed by atoms with Crippen LogP contribution in [0.5, 0.6) is 0 Å². The predicted octanol–water partition coefficient (Wildman–Crippen LogP) is 4.42. The highest BCUT2D eigenvalue weighted by Gasteiger charge is 2.41. The first-order valence-corrected chi connectivity index (χ1v) is 11.5. The molecule has 2 aliphatic rings. The topological polar surface area (TPSA) is 61.4 Å². The van der Waals surface area contributed by atoms with Crippen LogP contribution in [0.4, 0.5) is 0 Å². The smallest absolute Gasteiger partial charge is 0.251 e. The van der Waals surface area contributed by atoms with Gasteiger partial charge in [-0.15, -0.1) is 0 Å². The molecule has 2 fully saturated rings. The number of benzene rings is 2. The summed E-state index contributed by atoms with van der Waals surface area (Å²) < 4.78 is 0. The van der Waals surface area contributed by atoms with E-state index in [4.69, 9.17) is 23.2 Å². The summed E-state index contributed by atoms with van der Waals surface area (Å²) in [6.45, 7) is 2.63. The number of halogens is 2. The Balaban J connectivity index is 1.30. The van der Waals surface area contributed by atoms with Crippen molar-refractivity contribution in [1.82, 2.24) is 15.5 Å². The second kappa shape index (κ2) is 9.60. The highest BCUT2D eigenvalue weighted by molar-refractivity contribution is 6.31. The molecule has 0 aromatic heterocycles. The second-order valence-corrected chi connectivity index (χ2v) is 9.44. The fourth-order valence-corrected chi connectivity index (χ4v) is 5.07. The molecule has 7 heteroatoms. The molecule has 5 nitrogen and oxygen atoms in total. The van der Waals surface area contributed by atoms with Crippen molar-refractivity contribution >= 4 is 35.0 Å². The lowest BCUT2D eigenvalue weighted by atomic mass is 9.96. The lowest BCUT2D eigenvalue weighted by Gasteiger charge is -2.39. The van der Waals surface area contributed by atoms with E-state index in [-0.39, 0.29) is 17.9 Å². The van der Waals surface area contributed by atoms with E-state index in [1.165, 1.54) is 5.56 Å². The molecule has 2 saturated heterocycles. The Morgan fingerprint density at radius 2 is 1.71 bits per heavy atom. The van der Waals surface area contributed by atoms with Gasteiger partial charge in [0.15, 0.2) is 0 Å². The maximum absolute atomic E-state index is 12.7. The first-order valence-electron chi connectivity index (χ1n) is 10.8. The molecule has 2 amide bonds. The van der Waals surface area contributed by atoms with E-state index >= 15 is 0 Å². The molecule has 0 saturated carbocycles. The van der Waals surface area contributed by atoms with Gasteiger partial charge in [-0.1, -0.05) is 41.4 Å². The summed E-state index contributed by atoms with van der Waals surface area (Å²) in [5.74, 6) is -0.450. The van der Waals surface area contributed by atoms with Crippen LogP contribution in [-0.4, -0.2) is 40.9 Å². The molecule has 2 N–H and O–H groups in total. The molecule has 4 atom stereocenters. The third-order valence-corrected chi connectivity index (χ3v) is 6.82. The van der Waals surface area contributed by atoms with Gasteiger partial charge >= 0.3 is 0 Å². The first kappa shape index (κ1) is 22.1. The minimum absolute atomic E-state index is 0.136. The van der Waals surface area contributed by atoms with Gasteiger partial charge in [-0.05, 0) is 68.5 Å². The number of hydrogen-bond donors (Lipinski definition) is 2. The Hall–Kier alpha value is -2.08. The third kappa shape index (κ3) is 5.40. The SMILES string of the molecule is C[C@@H](NC(=O)c1cccc(Cl)c1)C(=O)N[C@@H]1C[C@H]2CC[C@@H](C1)N2Cc1ccc(Cl)cc1. The fraction of sp³-hybridized carbons (Fsp3) is 0.417. The molecule has 2 bridgehead atoms. The van der Waals surface area contributed by atoms with Crippen LogP contribution in [0.2, 0.25) is 10.0 Å². The summed E-state index contributed by atoms with van der Waals surface area (Å²) in [7, 11) is 0. The van der Waals surface area contributed by atoms with Crippen molar-refractivity contribution in [3.8, 4) is 0 Å². The van der Waals surface area contributed by atoms with Crippen molar-refractivity contribution in [3.63, 3.8) is 0 Å². The lowest BCUT2D eigenvalue weighted by molar-refractivity contribution is -0.123. The van der Waals surface area contributed by atoms with Gasteiger partial charge in [-0.2, -0.15) is 0 Å². The summed E-state index contributed by atoms with van der Waals surface area (Å²) >= 11 is 12.0. The molecule has 2 aromatic rings. The molecule has 0 spiro atoms. The van der Waals surface area contributed by atoms with Gasteiger partial charge in [0.2, 0.25) is 5.91 Å². The van der Waals surface area contributed by atoms with Gasteiger partial charge in [0.25, 0.3) is 5.91 Å². The monoisotopic (exact) mass is 459 g/mol. The quantitative estimate of drug-likeness (QED) is 0.671. The Labute approximate surface area is 193 Å². The molecule has 0 radical (unpaired) electrons. The summed E-state index contributed by atoms with van der Waals surface area (Å²) in [4.78, 5) is 27.7. The number of carbonyl (C=O) groups excluding carboxylic acids is 2. The second-order valence-electron chi connectivity index (χ2n) is 8.57. The Morgan fingerprint density at radius 3 is 2.35 bits per heavy atom. The van der Waals surface area contributed by atoms with Crippen LogP contribution in [0.3, 0.4) is 0 Å². The number of fused-ring (bicyclic) bond motifs is 2. The molecule has 4 rings (SSSR count). The molecule has 2 aliphatic heterocycles. The van der Waals surface area contributed by atoms with Crippen molar-refractivity contribution in [2.45, 2.75) is 63.3 Å². The van der Waals surface area contributed by atoms with E-state index in [1.807, 2.05) is 12.1 Å². The van der Waals surface area contributed by atoms with Crippen molar-refractivity contribution in [2.75, 3.05) is 0 Å². The molecular formula is C24H27Cl2N3O2. The van der Waals surface area contributed by atoms with Crippen molar-refractivity contribution in [1.29, 1.82) is 0 Å². The van der Waals surface area contributed by atoms with E-state index in [0.717, 1.165) is 37.3 Å². The summed E-state index contributed by atoms with van der Waals surface area (Å²) in [6, 6.07) is 15.2. The van der Waals surface area contributed by atoms with Gasteiger partial charge in [-0.3, -0.25) is 14.5 Å². The lowest BCUT2D eigenvalue weighted by Crippen LogP contribution is -2.53. The van der Waals surface area contributed by atoms with Crippen LogP contribution in [-0.2, 0) is 11.3 Å². The van der Waals surface area contributed by atoms with Crippen molar-refractivity contribution in [3.05, 3.63) is 69.7 Å². The van der Waals surface area contributed by atoms with E-state index in [2.05, 4.69) is 27.7 Å². The minimum Gasteiger partial charge on any atom is -0.351 e. The summed E-state index contributed by atoms with van der Waals surface area (Å²) in [5, 5.41) is 7.17. The van der Waals surface area contributed by atoms with Crippen LogP contribution >= 0.6 is 23.2 Å². The maximum Gasteiger partial charge on any atom is 0.251 e. The molecule has 2 aromatic carbocycles. The number of hydrogen-bond acceptors (Lipinski definition) is 3. The number of rotatable bonds is 6. The Kier molecular flexibility index (Phi) is 6.85. The Morgan fingerprint density at radius 1 is 1.03 bits per heavy atom. The van der Waals surface area contributed by atoms with Crippen LogP contribution < -0.4 is 10.6 Å². The normalized spacial score (nSPS) is 23.9. The zero-order valence-electron chi connectivity index (χ0n) is 17.5. The van der Waals surface area contributed by atoms with Crippen LogP contribution in [0.15, 0.2) is 48.5 Å². The van der Waals surface area contributed by atoms with Crippen LogP contribution in [0, 0.1) is 0 Å². The maximum atomic E-state index is 12.7. The van der Waals surface area contributed by atoms with Crippen molar-refractivity contribution < 1.29 is 9.59 Å². The molecule has 164 valence electrons. The number of amides is 2. The zero-order valence-corrected chi connectivity index (χ0v) is 19.0. The molecule has 0 unspecified atom stereocenters. The number of nitrogens with zero attached hydrogens (tertiary/aromatic N) is 1. The average molecular weight is 460 g/mol. The zero-order chi connectivity index (χ0) is 22.0. The van der Waals surface area contributed by atoms with Crippen LogP contribution in [0.1, 0.15) is 48.5 Å². The van der Waals surface area contributed by atoms with Gasteiger partial charge in [0, 0.05) is 40.3 Å². The minimum atomic E-state index is -0.615. The van der Waals surface area contributed by atoms with Gasteiger partial charge in [0.05, 0.1) is 0 Å². The number of carbonyl (C=O) groups is 2. The Bertz CT molecular complexity index is 936. The highest BCUT2D eigenvalue weighted by atomic mass is 35.5. The average Bonchev–Trinajstić information content (AvgIpc) is 2.97. The van der Waals surface area contributed by atoms with Gasteiger partial charge in [0.1, 0.15) is 6.04 Å². The number of piperidine rings is 1. The molecule has 0 aliphatic carbocycles. The van der Waals surface area contributed by atoms with Crippen LogP contribution in [0.25, 0.3) is 0 Å². The third-order valence-electron chi connectivity index (χ3n) is 6.34. The summed E-state index contributed by atoms with van der Waals surface area (Å²) in [5.41, 5.74) is 1.71. The van der Waals surface area contributed by atoms with Crippen molar-refractivity contribution in [2.24, 2.45) is 0 Å². The summed E-state index contributed by atoms with van der Waals surface area (Å²) in [6.07, 6.45) is 4.19. The van der Waals surface area contributed by atoms with Gasteiger partial charge < -0.3 is 10.6 Å². The standard InChI is InChI=1S/C24H27Cl2N3O2/c1-15(27-24(31)17-3-2-4-19(26)11-17)23(30)28-20-12-21-9-10-22(13-20)29(21)14-16-5-7-18(25)8-6-16/h2-8,11,15,20-22H,9-10,12-14H2,1H3,(H,27,31)(H,28,30)/t15-,20-,21-,22+/m1/s1. The van der Waals surface area contributed by atoms with E-state index in [9.17, 15) is 9.59 Å². The highest BCUT2D eigenvalue weighted by Crippen LogP contribution is 2.37. The predicted molar refractivity (Wildman–Crippen MR) is 123 cm³/mol. The van der Waals surface area contributed by atoms with Gasteiger partial charge in [-0.25, -0.2) is 0 Å².